The van der Waals surface area contributed by atoms with Crippen LogP contribution in [0.15, 0.2) is 4.99 Å². The molecule has 0 radical (unpaired) electrons. The summed E-state index contributed by atoms with van der Waals surface area (Å²) >= 11 is 0. The highest BCUT2D eigenvalue weighted by atomic mass is 15.3. The molecule has 0 bridgehead atoms. The molecule has 1 aliphatic rings. The van der Waals surface area contributed by atoms with E-state index in [-0.39, 0.29) is 0 Å². The van der Waals surface area contributed by atoms with Crippen LogP contribution in [0.5, 0.6) is 0 Å². The van der Waals surface area contributed by atoms with Gasteiger partial charge in [0.05, 0.1) is 12.6 Å². The van der Waals surface area contributed by atoms with Crippen LogP contribution < -0.4 is 5.73 Å². The number of aliphatic imine (C=N–C) groups is 1. The average Bonchev–Trinajstić information content (AvgIpc) is 2.31. The van der Waals surface area contributed by atoms with Crippen molar-refractivity contribution < 1.29 is 0 Å². The van der Waals surface area contributed by atoms with Crippen LogP contribution in [-0.2, 0) is 0 Å². The summed E-state index contributed by atoms with van der Waals surface area (Å²) in [4.78, 5) is 6.35. The molecule has 0 aromatic carbocycles. The van der Waals surface area contributed by atoms with Gasteiger partial charge in [0.15, 0.2) is 5.96 Å². The third-order valence-electron chi connectivity index (χ3n) is 2.80. The van der Waals surface area contributed by atoms with E-state index in [1.165, 1.54) is 6.42 Å². The number of nitrogens with two attached hydrogens (primary N) is 1. The molecule has 2 N–H and O–H groups in total. The van der Waals surface area contributed by atoms with Crippen molar-refractivity contribution in [2.45, 2.75) is 33.2 Å². The van der Waals surface area contributed by atoms with Crippen LogP contribution in [0, 0.1) is 11.8 Å². The van der Waals surface area contributed by atoms with Gasteiger partial charge in [0.25, 0.3) is 0 Å². The van der Waals surface area contributed by atoms with Crippen molar-refractivity contribution in [1.29, 1.82) is 0 Å². The lowest BCUT2D eigenvalue weighted by Gasteiger charge is -2.28. The smallest absolute Gasteiger partial charge is 0.191 e. The molecule has 0 aromatic heterocycles. The number of nitrogens with zero attached hydrogens (tertiary/aromatic N) is 2. The van der Waals surface area contributed by atoms with Gasteiger partial charge in [0.1, 0.15) is 0 Å². The lowest BCUT2D eigenvalue weighted by Crippen LogP contribution is -2.41. The molecule has 0 spiro atoms. The van der Waals surface area contributed by atoms with Crippen LogP contribution in [0.3, 0.4) is 0 Å². The molecular weight excluding hydrogens is 162 g/mol. The lowest BCUT2D eigenvalue weighted by atomic mass is 9.92. The molecule has 2 atom stereocenters. The molecule has 1 rings (SSSR count). The van der Waals surface area contributed by atoms with Gasteiger partial charge < -0.3 is 10.6 Å². The van der Waals surface area contributed by atoms with Gasteiger partial charge in [-0.3, -0.25) is 4.99 Å². The Labute approximate surface area is 81.0 Å². The minimum absolute atomic E-state index is 0.516. The summed E-state index contributed by atoms with van der Waals surface area (Å²) in [6, 6.07) is 0.516. The van der Waals surface area contributed by atoms with E-state index in [9.17, 15) is 0 Å². The van der Waals surface area contributed by atoms with Crippen LogP contribution >= 0.6 is 0 Å². The monoisotopic (exact) mass is 183 g/mol. The molecule has 13 heavy (non-hydrogen) atoms. The zero-order valence-corrected chi connectivity index (χ0v) is 9.12. The standard InChI is InChI=1S/C10H21N3/c1-7(2)5-8(3)9-6-12-10(11)13(9)4/h7-9H,5-6H2,1-4H3,(H2,11,12). The summed E-state index contributed by atoms with van der Waals surface area (Å²) in [6.45, 7) is 7.68. The fourth-order valence-electron chi connectivity index (χ4n) is 2.05. The molecule has 0 amide bonds. The number of guanidine groups is 1. The summed E-state index contributed by atoms with van der Waals surface area (Å²) in [5, 5.41) is 0. The van der Waals surface area contributed by atoms with Gasteiger partial charge in [-0.25, -0.2) is 0 Å². The predicted molar refractivity (Wildman–Crippen MR) is 56.7 cm³/mol. The molecule has 0 fully saturated rings. The first-order chi connectivity index (χ1) is 6.02. The molecule has 0 aliphatic carbocycles. The molecule has 0 aromatic rings. The van der Waals surface area contributed by atoms with Crippen LogP contribution in [0.4, 0.5) is 0 Å². The van der Waals surface area contributed by atoms with Crippen molar-refractivity contribution in [2.75, 3.05) is 13.6 Å². The maximum atomic E-state index is 5.71. The average molecular weight is 183 g/mol. The first-order valence-corrected chi connectivity index (χ1v) is 5.05. The normalized spacial score (nSPS) is 25.2. The van der Waals surface area contributed by atoms with Gasteiger partial charge >= 0.3 is 0 Å². The quantitative estimate of drug-likeness (QED) is 0.716. The topological polar surface area (TPSA) is 41.6 Å². The van der Waals surface area contributed by atoms with Crippen molar-refractivity contribution in [1.82, 2.24) is 4.90 Å². The van der Waals surface area contributed by atoms with E-state index in [0.29, 0.717) is 17.9 Å². The first kappa shape index (κ1) is 10.4. The van der Waals surface area contributed by atoms with Gasteiger partial charge in [-0.05, 0) is 18.3 Å². The van der Waals surface area contributed by atoms with Crippen LogP contribution in [0.2, 0.25) is 0 Å². The lowest BCUT2D eigenvalue weighted by molar-refractivity contribution is 0.265. The van der Waals surface area contributed by atoms with Gasteiger partial charge in [-0.1, -0.05) is 20.8 Å². The molecule has 1 aliphatic heterocycles. The molecular formula is C10H21N3. The summed E-state index contributed by atoms with van der Waals surface area (Å²) in [6.07, 6.45) is 1.25. The Morgan fingerprint density at radius 3 is 2.54 bits per heavy atom. The summed E-state index contributed by atoms with van der Waals surface area (Å²) in [5.74, 6) is 2.13. The highest BCUT2D eigenvalue weighted by molar-refractivity contribution is 5.79. The zero-order valence-electron chi connectivity index (χ0n) is 9.12. The van der Waals surface area contributed by atoms with Crippen LogP contribution in [0.1, 0.15) is 27.2 Å². The maximum absolute atomic E-state index is 5.71. The SMILES string of the molecule is CC(C)CC(C)C1CN=C(N)N1C. The number of rotatable bonds is 3. The molecule has 3 heteroatoms. The van der Waals surface area contributed by atoms with Crippen molar-refractivity contribution in [3.05, 3.63) is 0 Å². The fraction of sp³-hybridized carbons (Fsp3) is 0.900. The third-order valence-corrected chi connectivity index (χ3v) is 2.80. The second kappa shape index (κ2) is 3.99. The van der Waals surface area contributed by atoms with E-state index in [1.54, 1.807) is 0 Å². The van der Waals surface area contributed by atoms with Gasteiger partial charge in [0.2, 0.25) is 0 Å². The molecule has 2 unspecified atom stereocenters. The highest BCUT2D eigenvalue weighted by Crippen LogP contribution is 2.21. The fourth-order valence-corrected chi connectivity index (χ4v) is 2.05. The Balaban J connectivity index is 2.46. The highest BCUT2D eigenvalue weighted by Gasteiger charge is 2.27. The van der Waals surface area contributed by atoms with E-state index < -0.39 is 0 Å². The molecule has 1 heterocycles. The Bertz CT molecular complexity index is 198. The zero-order chi connectivity index (χ0) is 10.0. The van der Waals surface area contributed by atoms with Gasteiger partial charge in [-0.15, -0.1) is 0 Å². The minimum atomic E-state index is 0.516. The largest absolute Gasteiger partial charge is 0.370 e. The Kier molecular flexibility index (Phi) is 3.17. The van der Waals surface area contributed by atoms with Crippen molar-refractivity contribution in [3.8, 4) is 0 Å². The molecule has 76 valence electrons. The molecule has 0 saturated carbocycles. The summed E-state index contributed by atoms with van der Waals surface area (Å²) < 4.78 is 0. The maximum Gasteiger partial charge on any atom is 0.191 e. The predicted octanol–water partition coefficient (Wildman–Crippen LogP) is 1.30. The van der Waals surface area contributed by atoms with E-state index in [1.807, 2.05) is 7.05 Å². The molecule has 0 saturated heterocycles. The van der Waals surface area contributed by atoms with E-state index in [2.05, 4.69) is 30.7 Å². The first-order valence-electron chi connectivity index (χ1n) is 5.05. The van der Waals surface area contributed by atoms with E-state index >= 15 is 0 Å². The van der Waals surface area contributed by atoms with Crippen LogP contribution in [0.25, 0.3) is 0 Å². The number of hydrogen-bond donors (Lipinski definition) is 1. The van der Waals surface area contributed by atoms with Gasteiger partial charge in [-0.2, -0.15) is 0 Å². The van der Waals surface area contributed by atoms with E-state index in [4.69, 9.17) is 5.73 Å². The Morgan fingerprint density at radius 1 is 1.54 bits per heavy atom. The second-order valence-corrected chi connectivity index (χ2v) is 4.48. The van der Waals surface area contributed by atoms with E-state index in [0.717, 1.165) is 12.5 Å². The second-order valence-electron chi connectivity index (χ2n) is 4.48. The Hall–Kier alpha value is -0.730. The van der Waals surface area contributed by atoms with Crippen molar-refractivity contribution in [3.63, 3.8) is 0 Å². The summed E-state index contributed by atoms with van der Waals surface area (Å²) in [5.41, 5.74) is 5.71. The van der Waals surface area contributed by atoms with Crippen LogP contribution in [-0.4, -0.2) is 30.5 Å². The number of likely N-dealkylation sites (N-methyl/N-ethyl adjacent to an activating group) is 1. The summed E-state index contributed by atoms with van der Waals surface area (Å²) in [7, 11) is 2.04. The minimum Gasteiger partial charge on any atom is -0.370 e. The third kappa shape index (κ3) is 2.36. The van der Waals surface area contributed by atoms with Crippen molar-refractivity contribution in [2.24, 2.45) is 22.6 Å². The number of hydrogen-bond acceptors (Lipinski definition) is 3. The molecule has 3 nitrogen and oxygen atoms in total. The van der Waals surface area contributed by atoms with Crippen molar-refractivity contribution >= 4 is 5.96 Å². The van der Waals surface area contributed by atoms with Gasteiger partial charge in [0, 0.05) is 7.05 Å². The Morgan fingerprint density at radius 2 is 2.15 bits per heavy atom.